The number of hydrogen-bond donors (Lipinski definition) is 2. The lowest BCUT2D eigenvalue weighted by Crippen LogP contribution is -2.50. The summed E-state index contributed by atoms with van der Waals surface area (Å²) in [5.41, 5.74) is 1.39. The summed E-state index contributed by atoms with van der Waals surface area (Å²) in [7, 11) is 0. The molecule has 6 nitrogen and oxygen atoms in total. The van der Waals surface area contributed by atoms with E-state index >= 15 is 0 Å². The van der Waals surface area contributed by atoms with E-state index in [1.807, 2.05) is 0 Å². The van der Waals surface area contributed by atoms with Crippen LogP contribution in [0.1, 0.15) is 40.7 Å². The summed E-state index contributed by atoms with van der Waals surface area (Å²) in [6.45, 7) is 0. The van der Waals surface area contributed by atoms with E-state index < -0.39 is 23.9 Å². The van der Waals surface area contributed by atoms with Crippen molar-refractivity contribution in [2.45, 2.75) is 50.0 Å². The summed E-state index contributed by atoms with van der Waals surface area (Å²) in [4.78, 5) is 28.9. The van der Waals surface area contributed by atoms with E-state index in [1.165, 1.54) is 6.08 Å². The third kappa shape index (κ3) is 3.49. The minimum atomic E-state index is -1.59. The Morgan fingerprint density at radius 1 is 1.32 bits per heavy atom. The minimum absolute atomic E-state index is 0.153. The van der Waals surface area contributed by atoms with Crippen molar-refractivity contribution in [3.63, 3.8) is 0 Å². The van der Waals surface area contributed by atoms with E-state index in [0.29, 0.717) is 23.1 Å². The number of nitrogens with zero attached hydrogens (tertiary/aromatic N) is 2. The maximum Gasteiger partial charge on any atom is 0.278 e. The van der Waals surface area contributed by atoms with E-state index in [0.717, 1.165) is 25.3 Å². The Morgan fingerprint density at radius 2 is 2.16 bits per heavy atom. The van der Waals surface area contributed by atoms with Crippen LogP contribution < -0.4 is 10.6 Å². The number of carbonyl (C=O) groups is 2. The smallest absolute Gasteiger partial charge is 0.278 e. The van der Waals surface area contributed by atoms with Crippen molar-refractivity contribution in [2.75, 3.05) is 0 Å². The zero-order chi connectivity index (χ0) is 21.7. The lowest BCUT2D eigenvalue weighted by molar-refractivity contribution is -0.124. The van der Waals surface area contributed by atoms with E-state index in [4.69, 9.17) is 0 Å². The van der Waals surface area contributed by atoms with Gasteiger partial charge in [0.25, 0.3) is 5.91 Å². The monoisotopic (exact) mass is 422 g/mol. The molecule has 1 aromatic carbocycles. The maximum absolute atomic E-state index is 14.1. The largest absolute Gasteiger partial charge is 0.339 e. The number of alkyl halides is 1. The van der Waals surface area contributed by atoms with Crippen LogP contribution in [-0.2, 0) is 11.2 Å². The summed E-state index contributed by atoms with van der Waals surface area (Å²) >= 11 is 0. The second-order valence-corrected chi connectivity index (χ2v) is 8.49. The lowest BCUT2D eigenvalue weighted by atomic mass is 9.87. The van der Waals surface area contributed by atoms with Crippen LogP contribution in [0.2, 0.25) is 0 Å². The van der Waals surface area contributed by atoms with Gasteiger partial charge in [-0.15, -0.1) is 0 Å². The third-order valence-corrected chi connectivity index (χ3v) is 6.49. The van der Waals surface area contributed by atoms with Gasteiger partial charge in [-0.2, -0.15) is 5.26 Å². The molecule has 1 aromatic rings. The van der Waals surface area contributed by atoms with Crippen LogP contribution in [0.15, 0.2) is 41.2 Å². The number of carbonyl (C=O) groups excluding carboxylic acids is 2. The molecule has 2 aliphatic carbocycles. The predicted molar refractivity (Wildman–Crippen MR) is 110 cm³/mol. The second-order valence-electron chi connectivity index (χ2n) is 8.49. The average Bonchev–Trinajstić information content (AvgIpc) is 3.38. The molecule has 2 amide bonds. The Kier molecular flexibility index (Phi) is 4.78. The molecule has 2 aliphatic heterocycles. The van der Waals surface area contributed by atoms with Crippen LogP contribution >= 0.6 is 0 Å². The summed E-state index contributed by atoms with van der Waals surface area (Å²) in [6.07, 6.45) is 3.73. The van der Waals surface area contributed by atoms with Gasteiger partial charge in [0.1, 0.15) is 23.8 Å². The van der Waals surface area contributed by atoms with Gasteiger partial charge in [0.05, 0.1) is 12.1 Å². The fraction of sp³-hybridized carbons (Fsp3) is 0.391. The number of benzene rings is 1. The Morgan fingerprint density at radius 3 is 2.87 bits per heavy atom. The molecule has 0 radical (unpaired) electrons. The number of piperidine rings is 1. The summed E-state index contributed by atoms with van der Waals surface area (Å²) < 4.78 is 27.8. The molecule has 4 aliphatic rings. The molecule has 8 heteroatoms. The molecule has 2 N–H and O–H groups in total. The van der Waals surface area contributed by atoms with Crippen LogP contribution in [0, 0.1) is 17.2 Å². The van der Waals surface area contributed by atoms with Crippen molar-refractivity contribution in [2.24, 2.45) is 10.9 Å². The number of fused-ring (bicyclic) bond motifs is 5. The number of aliphatic imine (C=N–C) groups is 1. The minimum Gasteiger partial charge on any atom is -0.339 e. The Bertz CT molecular complexity index is 1120. The quantitative estimate of drug-likeness (QED) is 0.780. The molecule has 5 rings (SSSR count). The molecule has 2 bridgehead atoms. The van der Waals surface area contributed by atoms with E-state index in [2.05, 4.69) is 21.7 Å². The van der Waals surface area contributed by atoms with E-state index in [1.54, 1.807) is 18.2 Å². The van der Waals surface area contributed by atoms with Crippen molar-refractivity contribution in [1.29, 1.82) is 5.26 Å². The second kappa shape index (κ2) is 7.50. The molecule has 2 heterocycles. The number of allylic oxidation sites excluding steroid dienone is 4. The topological polar surface area (TPSA) is 94.3 Å². The first-order valence-corrected chi connectivity index (χ1v) is 10.4. The Labute approximate surface area is 177 Å². The number of nitrogens with one attached hydrogen (secondary N) is 2. The van der Waals surface area contributed by atoms with Crippen LogP contribution in [0.4, 0.5) is 8.78 Å². The molecule has 0 spiro atoms. The highest BCUT2D eigenvalue weighted by Crippen LogP contribution is 2.36. The van der Waals surface area contributed by atoms with E-state index in [9.17, 15) is 23.6 Å². The number of amides is 2. The Hall–Kier alpha value is -3.18. The van der Waals surface area contributed by atoms with Gasteiger partial charge in [0.2, 0.25) is 5.91 Å². The summed E-state index contributed by atoms with van der Waals surface area (Å²) in [6, 6.07) is 6.37. The van der Waals surface area contributed by atoms with Gasteiger partial charge in [-0.1, -0.05) is 12.1 Å². The third-order valence-electron chi connectivity index (χ3n) is 6.49. The molecule has 158 valence electrons. The predicted octanol–water partition coefficient (Wildman–Crippen LogP) is 2.56. The number of nitriles is 1. The highest BCUT2D eigenvalue weighted by Gasteiger charge is 2.43. The number of rotatable bonds is 4. The zero-order valence-corrected chi connectivity index (χ0v) is 16.6. The van der Waals surface area contributed by atoms with Gasteiger partial charge >= 0.3 is 0 Å². The molecular weight excluding hydrogens is 402 g/mol. The lowest BCUT2D eigenvalue weighted by Gasteiger charge is -2.24. The van der Waals surface area contributed by atoms with Crippen LogP contribution in [0.25, 0.3) is 5.57 Å². The summed E-state index contributed by atoms with van der Waals surface area (Å²) in [5.74, 6) is -1.33. The fourth-order valence-electron chi connectivity index (χ4n) is 5.03. The maximum atomic E-state index is 14.1. The Balaban J connectivity index is 1.34. The van der Waals surface area contributed by atoms with Gasteiger partial charge in [-0.05, 0) is 54.5 Å². The first-order valence-electron chi connectivity index (χ1n) is 10.4. The van der Waals surface area contributed by atoms with Gasteiger partial charge in [0, 0.05) is 23.6 Å². The standard InChI is InChI=1S/C23H20F2N4O2/c24-13-8-17-16-4-1-11(6-18(16)22(30)29-21(17)19(25)9-13)5-15(10-26)28-23(31)20-12-2-3-14(7-12)27-20/h1,4,6,8-9,12-15,20,27H,2-3,5,7H2,(H,28,31)/t12-,13?,14+,15?,20-/m0/s1. The van der Waals surface area contributed by atoms with Gasteiger partial charge in [-0.25, -0.2) is 13.8 Å². The van der Waals surface area contributed by atoms with Crippen LogP contribution in [-0.4, -0.2) is 41.8 Å². The van der Waals surface area contributed by atoms with Crippen LogP contribution in [0.5, 0.6) is 0 Å². The SMILES string of the molecule is N#CC(Cc1ccc2c(c1)C(=O)N=C1C(F)=CC(F)C=C12)NC(=O)[C@H]1N[C@@H]2CC[C@H]1C2. The van der Waals surface area contributed by atoms with Crippen molar-refractivity contribution < 1.29 is 18.4 Å². The zero-order valence-electron chi connectivity index (χ0n) is 16.6. The first-order chi connectivity index (χ1) is 14.9. The fourth-order valence-corrected chi connectivity index (χ4v) is 5.03. The number of hydrogen-bond acceptors (Lipinski definition) is 4. The van der Waals surface area contributed by atoms with Gasteiger partial charge in [-0.3, -0.25) is 9.59 Å². The molecule has 1 saturated heterocycles. The molecule has 0 aromatic heterocycles. The molecule has 2 unspecified atom stereocenters. The molecular formula is C23H20F2N4O2. The van der Waals surface area contributed by atoms with Crippen molar-refractivity contribution in [3.8, 4) is 6.07 Å². The first kappa shape index (κ1) is 19.8. The van der Waals surface area contributed by atoms with Gasteiger partial charge in [0.15, 0.2) is 0 Å². The summed E-state index contributed by atoms with van der Waals surface area (Å²) in [5, 5.41) is 15.6. The number of halogens is 2. The molecule has 1 saturated carbocycles. The van der Waals surface area contributed by atoms with Gasteiger partial charge < -0.3 is 10.6 Å². The molecule has 5 atom stereocenters. The van der Waals surface area contributed by atoms with E-state index in [-0.39, 0.29) is 35.2 Å². The van der Waals surface area contributed by atoms with Crippen molar-refractivity contribution in [1.82, 2.24) is 10.6 Å². The van der Waals surface area contributed by atoms with Crippen molar-refractivity contribution in [3.05, 3.63) is 52.9 Å². The molecule has 31 heavy (non-hydrogen) atoms. The highest BCUT2D eigenvalue weighted by molar-refractivity contribution is 6.38. The van der Waals surface area contributed by atoms with Crippen LogP contribution in [0.3, 0.4) is 0 Å². The normalized spacial score (nSPS) is 29.2. The highest BCUT2D eigenvalue weighted by atomic mass is 19.1. The molecule has 2 fully saturated rings. The average molecular weight is 422 g/mol. The van der Waals surface area contributed by atoms with Crippen molar-refractivity contribution >= 4 is 23.1 Å².